The third kappa shape index (κ3) is 3.88. The van der Waals surface area contributed by atoms with E-state index in [1.165, 1.54) is 0 Å². The molecule has 7 nitrogen and oxygen atoms in total. The maximum absolute atomic E-state index is 12.3. The molecule has 1 aliphatic rings. The molecule has 1 atom stereocenters. The number of amides is 2. The number of methoxy groups -OCH3 is 1. The van der Waals surface area contributed by atoms with Gasteiger partial charge in [-0.05, 0) is 18.2 Å². The molecule has 1 N–H and O–H groups in total. The van der Waals surface area contributed by atoms with Gasteiger partial charge < -0.3 is 19.7 Å². The number of likely N-dealkylation sites (tertiary alicyclic amines) is 1. The molecule has 1 aliphatic heterocycles. The lowest BCUT2D eigenvalue weighted by Crippen LogP contribution is -2.34. The van der Waals surface area contributed by atoms with Crippen molar-refractivity contribution < 1.29 is 14.3 Å². The number of nitrogens with zero attached hydrogens (tertiary/aromatic N) is 3. The van der Waals surface area contributed by atoms with Crippen LogP contribution >= 0.6 is 0 Å². The van der Waals surface area contributed by atoms with E-state index in [0.29, 0.717) is 30.4 Å². The van der Waals surface area contributed by atoms with Crippen molar-refractivity contribution in [2.75, 3.05) is 25.5 Å². The van der Waals surface area contributed by atoms with Crippen molar-refractivity contribution in [1.29, 1.82) is 0 Å². The Morgan fingerprint density at radius 1 is 1.35 bits per heavy atom. The predicted octanol–water partition coefficient (Wildman–Crippen LogP) is 2.17. The number of hydrogen-bond donors (Lipinski definition) is 1. The first-order chi connectivity index (χ1) is 11.2. The third-order valence-electron chi connectivity index (χ3n) is 3.59. The van der Waals surface area contributed by atoms with E-state index in [1.807, 2.05) is 18.2 Å². The molecule has 7 heteroatoms. The topological polar surface area (TPSA) is 76.6 Å². The zero-order chi connectivity index (χ0) is 16.1. The first-order valence-corrected chi connectivity index (χ1v) is 7.39. The van der Waals surface area contributed by atoms with Crippen LogP contribution in [0, 0.1) is 0 Å². The molecule has 1 fully saturated rings. The smallest absolute Gasteiger partial charge is 0.321 e. The Kier molecular flexibility index (Phi) is 4.56. The molecule has 0 aliphatic carbocycles. The van der Waals surface area contributed by atoms with Gasteiger partial charge in [-0.25, -0.2) is 4.79 Å². The summed E-state index contributed by atoms with van der Waals surface area (Å²) in [7, 11) is 1.59. The first-order valence-electron chi connectivity index (χ1n) is 7.39. The van der Waals surface area contributed by atoms with Crippen LogP contribution in [-0.4, -0.2) is 47.4 Å². The minimum Gasteiger partial charge on any atom is -0.497 e. The number of benzene rings is 1. The zero-order valence-corrected chi connectivity index (χ0v) is 12.8. The molecule has 1 saturated heterocycles. The highest BCUT2D eigenvalue weighted by Crippen LogP contribution is 2.19. The van der Waals surface area contributed by atoms with Gasteiger partial charge in [0.05, 0.1) is 13.7 Å². The van der Waals surface area contributed by atoms with Gasteiger partial charge in [-0.3, -0.25) is 0 Å². The quantitative estimate of drug-likeness (QED) is 0.936. The van der Waals surface area contributed by atoms with Crippen LogP contribution in [0.2, 0.25) is 0 Å². The van der Waals surface area contributed by atoms with Crippen LogP contribution in [0.15, 0.2) is 42.6 Å². The molecule has 2 amide bonds. The summed E-state index contributed by atoms with van der Waals surface area (Å²) in [6.07, 6.45) is 2.29. The summed E-state index contributed by atoms with van der Waals surface area (Å²) in [6, 6.07) is 10.6. The van der Waals surface area contributed by atoms with E-state index in [-0.39, 0.29) is 12.1 Å². The van der Waals surface area contributed by atoms with E-state index in [0.717, 1.165) is 6.42 Å². The molecule has 120 valence electrons. The van der Waals surface area contributed by atoms with Gasteiger partial charge in [0.25, 0.3) is 0 Å². The van der Waals surface area contributed by atoms with Crippen LogP contribution in [0.1, 0.15) is 6.42 Å². The largest absolute Gasteiger partial charge is 0.497 e. The average Bonchev–Trinajstić information content (AvgIpc) is 3.04. The normalized spacial score (nSPS) is 16.9. The summed E-state index contributed by atoms with van der Waals surface area (Å²) in [5.41, 5.74) is 0.702. The fourth-order valence-electron chi connectivity index (χ4n) is 2.43. The number of aromatic nitrogens is 2. The summed E-state index contributed by atoms with van der Waals surface area (Å²) in [5, 5.41) is 10.5. The third-order valence-corrected chi connectivity index (χ3v) is 3.59. The molecule has 0 spiro atoms. The fraction of sp³-hybridized carbons (Fsp3) is 0.312. The van der Waals surface area contributed by atoms with Crippen molar-refractivity contribution in [3.05, 3.63) is 42.6 Å². The lowest BCUT2D eigenvalue weighted by Gasteiger charge is -2.17. The van der Waals surface area contributed by atoms with Crippen LogP contribution in [0.4, 0.5) is 10.5 Å². The lowest BCUT2D eigenvalue weighted by atomic mass is 10.3. The number of carbonyl (C=O) groups excluding carboxylic acids is 1. The molecule has 0 saturated carbocycles. The van der Waals surface area contributed by atoms with Gasteiger partial charge in [-0.1, -0.05) is 6.07 Å². The van der Waals surface area contributed by atoms with Crippen molar-refractivity contribution in [1.82, 2.24) is 15.1 Å². The van der Waals surface area contributed by atoms with Crippen molar-refractivity contribution in [2.45, 2.75) is 12.5 Å². The molecule has 2 heterocycles. The molecule has 1 aromatic heterocycles. The summed E-state index contributed by atoms with van der Waals surface area (Å²) >= 11 is 0. The first kappa shape index (κ1) is 15.1. The Balaban J connectivity index is 1.55. The summed E-state index contributed by atoms with van der Waals surface area (Å²) in [6.45, 7) is 1.16. The monoisotopic (exact) mass is 314 g/mol. The van der Waals surface area contributed by atoms with Crippen molar-refractivity contribution >= 4 is 11.7 Å². The number of ether oxygens (including phenoxy) is 2. The van der Waals surface area contributed by atoms with Crippen LogP contribution < -0.4 is 14.8 Å². The second-order valence-corrected chi connectivity index (χ2v) is 5.20. The SMILES string of the molecule is COc1cccc(NC(=O)N2CCC(Oc3cccnn3)C2)c1. The minimum absolute atomic E-state index is 0.0669. The van der Waals surface area contributed by atoms with Gasteiger partial charge in [0, 0.05) is 37.0 Å². The van der Waals surface area contributed by atoms with Crippen molar-refractivity contribution in [3.63, 3.8) is 0 Å². The molecule has 2 aromatic rings. The van der Waals surface area contributed by atoms with Crippen molar-refractivity contribution in [2.24, 2.45) is 0 Å². The van der Waals surface area contributed by atoms with E-state index < -0.39 is 0 Å². The van der Waals surface area contributed by atoms with E-state index in [9.17, 15) is 4.79 Å². The average molecular weight is 314 g/mol. The van der Waals surface area contributed by atoms with Gasteiger partial charge >= 0.3 is 6.03 Å². The minimum atomic E-state index is -0.150. The number of hydrogen-bond acceptors (Lipinski definition) is 5. The number of anilines is 1. The van der Waals surface area contributed by atoms with Gasteiger partial charge in [0.1, 0.15) is 11.9 Å². The Morgan fingerprint density at radius 2 is 2.26 bits per heavy atom. The van der Waals surface area contributed by atoms with Gasteiger partial charge in [0.2, 0.25) is 5.88 Å². The Bertz CT molecular complexity index is 665. The standard InChI is InChI=1S/C16H18N4O3/c1-22-13-5-2-4-12(10-13)18-16(21)20-9-7-14(11-20)23-15-6-3-8-17-19-15/h2-6,8,10,14H,7,9,11H2,1H3,(H,18,21). The highest BCUT2D eigenvalue weighted by atomic mass is 16.5. The van der Waals surface area contributed by atoms with E-state index in [2.05, 4.69) is 15.5 Å². The zero-order valence-electron chi connectivity index (χ0n) is 12.8. The number of nitrogens with one attached hydrogen (secondary N) is 1. The van der Waals surface area contributed by atoms with E-state index in [4.69, 9.17) is 9.47 Å². The Hall–Kier alpha value is -2.83. The Morgan fingerprint density at radius 3 is 3.04 bits per heavy atom. The molecule has 1 aromatic carbocycles. The number of rotatable bonds is 4. The molecule has 3 rings (SSSR count). The molecule has 23 heavy (non-hydrogen) atoms. The highest BCUT2D eigenvalue weighted by molar-refractivity contribution is 5.89. The molecular formula is C16H18N4O3. The van der Waals surface area contributed by atoms with Crippen LogP contribution in [0.25, 0.3) is 0 Å². The summed E-state index contributed by atoms with van der Waals surface area (Å²) in [4.78, 5) is 14.0. The van der Waals surface area contributed by atoms with E-state index >= 15 is 0 Å². The highest BCUT2D eigenvalue weighted by Gasteiger charge is 2.28. The summed E-state index contributed by atoms with van der Waals surface area (Å²) < 4.78 is 10.9. The van der Waals surface area contributed by atoms with E-state index in [1.54, 1.807) is 36.4 Å². The molecule has 0 bridgehead atoms. The van der Waals surface area contributed by atoms with Crippen LogP contribution in [0.3, 0.4) is 0 Å². The molecule has 0 radical (unpaired) electrons. The van der Waals surface area contributed by atoms with Gasteiger partial charge in [-0.2, -0.15) is 5.10 Å². The van der Waals surface area contributed by atoms with Crippen molar-refractivity contribution in [3.8, 4) is 11.6 Å². The van der Waals surface area contributed by atoms with Gasteiger partial charge in [-0.15, -0.1) is 5.10 Å². The Labute approximate surface area is 134 Å². The second-order valence-electron chi connectivity index (χ2n) is 5.20. The molecular weight excluding hydrogens is 296 g/mol. The summed E-state index contributed by atoms with van der Waals surface area (Å²) in [5.74, 6) is 1.18. The lowest BCUT2D eigenvalue weighted by molar-refractivity contribution is 0.188. The van der Waals surface area contributed by atoms with Crippen LogP contribution in [0.5, 0.6) is 11.6 Å². The number of urea groups is 1. The molecule has 1 unspecified atom stereocenters. The fourth-order valence-corrected chi connectivity index (χ4v) is 2.43. The van der Waals surface area contributed by atoms with Gasteiger partial charge in [0.15, 0.2) is 0 Å². The predicted molar refractivity (Wildman–Crippen MR) is 84.7 cm³/mol. The second kappa shape index (κ2) is 6.95. The maximum atomic E-state index is 12.3. The maximum Gasteiger partial charge on any atom is 0.321 e. The van der Waals surface area contributed by atoms with Crippen LogP contribution in [-0.2, 0) is 0 Å². The number of carbonyl (C=O) groups is 1.